The van der Waals surface area contributed by atoms with Gasteiger partial charge in [-0.25, -0.2) is 9.59 Å². The molecule has 0 aliphatic carbocycles. The van der Waals surface area contributed by atoms with Crippen LogP contribution in [0.3, 0.4) is 0 Å². The van der Waals surface area contributed by atoms with Gasteiger partial charge in [0.15, 0.2) is 0 Å². The van der Waals surface area contributed by atoms with Crippen LogP contribution < -0.4 is 16.8 Å². The van der Waals surface area contributed by atoms with Gasteiger partial charge >= 0.3 is 12.1 Å². The lowest BCUT2D eigenvalue weighted by Gasteiger charge is -2.34. The fraction of sp³-hybridized carbons (Fsp3) is 0.750. The Balaban J connectivity index is 5.40. The van der Waals surface area contributed by atoms with Crippen LogP contribution >= 0.6 is 0 Å². The van der Waals surface area contributed by atoms with Crippen molar-refractivity contribution in [1.82, 2.24) is 10.2 Å². The van der Waals surface area contributed by atoms with E-state index in [2.05, 4.69) is 5.32 Å². The van der Waals surface area contributed by atoms with Crippen LogP contribution in [0.15, 0.2) is 0 Å². The highest BCUT2D eigenvalue weighted by atomic mass is 16.6. The number of likely N-dealkylation sites (N-methyl/N-ethyl adjacent to an activating group) is 1. The van der Waals surface area contributed by atoms with Crippen molar-refractivity contribution in [2.45, 2.75) is 45.0 Å². The van der Waals surface area contributed by atoms with E-state index in [0.29, 0.717) is 0 Å². The molecule has 6 N–H and O–H groups in total. The fourth-order valence-corrected chi connectivity index (χ4v) is 1.61. The molecule has 9 heteroatoms. The van der Waals surface area contributed by atoms with Crippen LogP contribution in [0.4, 0.5) is 4.79 Å². The van der Waals surface area contributed by atoms with Gasteiger partial charge in [-0.1, -0.05) is 0 Å². The highest BCUT2D eigenvalue weighted by Gasteiger charge is 2.37. The van der Waals surface area contributed by atoms with Gasteiger partial charge < -0.3 is 26.6 Å². The van der Waals surface area contributed by atoms with Crippen LogP contribution in [0, 0.1) is 0 Å². The standard InChI is InChI=1S/C12H24N4O5/c1-12(2,3)21-11(20)16(8(13)6-15-4)7(10(18)19)5-9(14)17/h7-8,15H,5-6,13H2,1-4H3,(H2,14,17)(H,18,19)/t7-,8?/m0/s1. The molecule has 0 saturated heterocycles. The van der Waals surface area contributed by atoms with Gasteiger partial charge in [-0.15, -0.1) is 0 Å². The van der Waals surface area contributed by atoms with Crippen molar-refractivity contribution in [1.29, 1.82) is 0 Å². The number of hydrogen-bond donors (Lipinski definition) is 4. The minimum Gasteiger partial charge on any atom is -0.480 e. The van der Waals surface area contributed by atoms with E-state index in [1.807, 2.05) is 0 Å². The predicted molar refractivity (Wildman–Crippen MR) is 75.2 cm³/mol. The van der Waals surface area contributed by atoms with Gasteiger partial charge in [0.25, 0.3) is 0 Å². The van der Waals surface area contributed by atoms with Crippen molar-refractivity contribution in [2.24, 2.45) is 11.5 Å². The molecule has 122 valence electrons. The fourth-order valence-electron chi connectivity index (χ4n) is 1.61. The van der Waals surface area contributed by atoms with E-state index in [1.54, 1.807) is 27.8 Å². The summed E-state index contributed by atoms with van der Waals surface area (Å²) >= 11 is 0. The number of carboxylic acids is 1. The summed E-state index contributed by atoms with van der Waals surface area (Å²) < 4.78 is 5.14. The summed E-state index contributed by atoms with van der Waals surface area (Å²) in [5, 5.41) is 12.0. The molecule has 21 heavy (non-hydrogen) atoms. The number of ether oxygens (including phenoxy) is 1. The Hall–Kier alpha value is -1.87. The van der Waals surface area contributed by atoms with Crippen LogP contribution in [0.5, 0.6) is 0 Å². The first kappa shape index (κ1) is 19.1. The second kappa shape index (κ2) is 7.79. The van der Waals surface area contributed by atoms with E-state index in [1.165, 1.54) is 0 Å². The number of amides is 2. The van der Waals surface area contributed by atoms with E-state index < -0.39 is 42.2 Å². The number of rotatable bonds is 7. The molecule has 0 spiro atoms. The Morgan fingerprint density at radius 2 is 1.86 bits per heavy atom. The third kappa shape index (κ3) is 6.91. The highest BCUT2D eigenvalue weighted by Crippen LogP contribution is 2.15. The first-order chi connectivity index (χ1) is 9.49. The van der Waals surface area contributed by atoms with Crippen molar-refractivity contribution in [3.8, 4) is 0 Å². The molecule has 0 radical (unpaired) electrons. The van der Waals surface area contributed by atoms with Crippen LogP contribution in [0.2, 0.25) is 0 Å². The normalized spacial score (nSPS) is 14.1. The number of carboxylic acid groups (broad SMARTS) is 1. The molecule has 0 aromatic carbocycles. The highest BCUT2D eigenvalue weighted by molar-refractivity contribution is 5.86. The number of primary amides is 1. The molecular formula is C12H24N4O5. The zero-order valence-electron chi connectivity index (χ0n) is 12.8. The summed E-state index contributed by atoms with van der Waals surface area (Å²) in [5.74, 6) is -2.24. The quantitative estimate of drug-likeness (QED) is 0.443. The van der Waals surface area contributed by atoms with Gasteiger partial charge in [0, 0.05) is 6.54 Å². The van der Waals surface area contributed by atoms with Gasteiger partial charge in [0.05, 0.1) is 12.6 Å². The zero-order chi connectivity index (χ0) is 16.8. The van der Waals surface area contributed by atoms with Gasteiger partial charge in [-0.2, -0.15) is 0 Å². The Morgan fingerprint density at radius 3 is 2.19 bits per heavy atom. The number of aliphatic carboxylic acids is 1. The van der Waals surface area contributed by atoms with Crippen molar-refractivity contribution < 1.29 is 24.2 Å². The molecule has 2 atom stereocenters. The van der Waals surface area contributed by atoms with E-state index in [-0.39, 0.29) is 6.54 Å². The van der Waals surface area contributed by atoms with Crippen LogP contribution in [-0.2, 0) is 14.3 Å². The van der Waals surface area contributed by atoms with E-state index in [0.717, 1.165) is 4.90 Å². The van der Waals surface area contributed by atoms with Crippen molar-refractivity contribution >= 4 is 18.0 Å². The maximum Gasteiger partial charge on any atom is 0.412 e. The van der Waals surface area contributed by atoms with Gasteiger partial charge in [0.1, 0.15) is 11.6 Å². The molecule has 1 unspecified atom stereocenters. The van der Waals surface area contributed by atoms with Gasteiger partial charge in [-0.05, 0) is 27.8 Å². The summed E-state index contributed by atoms with van der Waals surface area (Å²) in [5.41, 5.74) is 10.0. The van der Waals surface area contributed by atoms with Crippen molar-refractivity contribution in [3.05, 3.63) is 0 Å². The first-order valence-electron chi connectivity index (χ1n) is 6.42. The average molecular weight is 304 g/mol. The van der Waals surface area contributed by atoms with E-state index in [9.17, 15) is 19.5 Å². The molecule has 0 saturated carbocycles. The molecule has 0 aromatic heterocycles. The van der Waals surface area contributed by atoms with Crippen LogP contribution in [0.1, 0.15) is 27.2 Å². The lowest BCUT2D eigenvalue weighted by atomic mass is 10.1. The lowest BCUT2D eigenvalue weighted by Crippen LogP contribution is -2.59. The molecular weight excluding hydrogens is 280 g/mol. The molecule has 0 rings (SSSR count). The predicted octanol–water partition coefficient (Wildman–Crippen LogP) is -0.944. The van der Waals surface area contributed by atoms with Crippen molar-refractivity contribution in [3.63, 3.8) is 0 Å². The van der Waals surface area contributed by atoms with E-state index in [4.69, 9.17) is 16.2 Å². The summed E-state index contributed by atoms with van der Waals surface area (Å²) in [6.07, 6.45) is -2.45. The Morgan fingerprint density at radius 1 is 1.33 bits per heavy atom. The molecule has 0 heterocycles. The maximum absolute atomic E-state index is 12.2. The topological polar surface area (TPSA) is 148 Å². The number of carbonyl (C=O) groups excluding carboxylic acids is 2. The minimum atomic E-state index is -1.49. The smallest absolute Gasteiger partial charge is 0.412 e. The van der Waals surface area contributed by atoms with E-state index >= 15 is 0 Å². The Kier molecular flexibility index (Phi) is 7.10. The SMILES string of the molecule is CNCC(N)N(C(=O)OC(C)(C)C)[C@@H](CC(N)=O)C(=O)O. The lowest BCUT2D eigenvalue weighted by molar-refractivity contribution is -0.146. The summed E-state index contributed by atoms with van der Waals surface area (Å²) in [7, 11) is 1.59. The molecule has 0 aliphatic heterocycles. The number of nitrogens with zero attached hydrogens (tertiary/aromatic N) is 1. The zero-order valence-corrected chi connectivity index (χ0v) is 12.8. The summed E-state index contributed by atoms with van der Waals surface area (Å²) in [4.78, 5) is 35.3. The second-order valence-corrected chi connectivity index (χ2v) is 5.54. The molecule has 9 nitrogen and oxygen atoms in total. The number of hydrogen-bond acceptors (Lipinski definition) is 6. The number of carbonyl (C=O) groups is 3. The summed E-state index contributed by atoms with van der Waals surface area (Å²) in [6.45, 7) is 5.03. The van der Waals surface area contributed by atoms with Crippen LogP contribution in [0.25, 0.3) is 0 Å². The number of nitrogens with one attached hydrogen (secondary N) is 1. The van der Waals surface area contributed by atoms with Crippen LogP contribution in [-0.4, -0.2) is 59.4 Å². The maximum atomic E-state index is 12.2. The molecule has 0 aliphatic rings. The third-order valence-corrected chi connectivity index (χ3v) is 2.39. The second-order valence-electron chi connectivity index (χ2n) is 5.54. The largest absolute Gasteiger partial charge is 0.480 e. The average Bonchev–Trinajstić information content (AvgIpc) is 2.25. The number of nitrogens with two attached hydrogens (primary N) is 2. The monoisotopic (exact) mass is 304 g/mol. The van der Waals surface area contributed by atoms with Gasteiger partial charge in [0.2, 0.25) is 5.91 Å². The molecule has 0 aromatic rings. The Bertz CT molecular complexity index is 394. The minimum absolute atomic E-state index is 0.127. The first-order valence-corrected chi connectivity index (χ1v) is 6.42. The molecule has 2 amide bonds. The van der Waals surface area contributed by atoms with Gasteiger partial charge in [-0.3, -0.25) is 9.69 Å². The molecule has 0 bridgehead atoms. The third-order valence-electron chi connectivity index (χ3n) is 2.39. The molecule has 0 fully saturated rings. The summed E-state index contributed by atoms with van der Waals surface area (Å²) in [6, 6.07) is -1.49. The van der Waals surface area contributed by atoms with Crippen molar-refractivity contribution in [2.75, 3.05) is 13.6 Å². The Labute approximate surface area is 123 Å².